The van der Waals surface area contributed by atoms with Gasteiger partial charge in [-0.1, -0.05) is 66.2 Å². The van der Waals surface area contributed by atoms with E-state index in [2.05, 4.69) is 0 Å². The number of hydrogen-bond acceptors (Lipinski definition) is 10. The average molecular weight is 621 g/mol. The highest BCUT2D eigenvalue weighted by molar-refractivity contribution is 7.92. The Labute approximate surface area is 245 Å². The van der Waals surface area contributed by atoms with E-state index in [4.69, 9.17) is 0 Å². The van der Waals surface area contributed by atoms with E-state index < -0.39 is 63.3 Å². The van der Waals surface area contributed by atoms with Crippen molar-refractivity contribution < 1.29 is 37.3 Å². The molecule has 0 amide bonds. The maximum absolute atomic E-state index is 12.9. The minimum atomic E-state index is -4.13. The lowest BCUT2D eigenvalue weighted by atomic mass is 10.1. The molecule has 0 spiro atoms. The molecule has 220 valence electrons. The van der Waals surface area contributed by atoms with Gasteiger partial charge in [-0.05, 0) is 54.8 Å². The molecule has 4 N–H and O–H groups in total. The van der Waals surface area contributed by atoms with Gasteiger partial charge in [0.1, 0.15) is 9.79 Å². The zero-order valence-electron chi connectivity index (χ0n) is 22.4. The Bertz CT molecular complexity index is 2190. The smallest absolute Gasteiger partial charge is 0.224 e. The molecule has 0 heterocycles. The third-order valence-corrected chi connectivity index (χ3v) is 9.97. The number of hydrogen-bond donors (Lipinski definition) is 4. The van der Waals surface area contributed by atoms with Gasteiger partial charge in [-0.2, -0.15) is 0 Å². The van der Waals surface area contributed by atoms with E-state index in [1.807, 2.05) is 6.92 Å². The van der Waals surface area contributed by atoms with E-state index in [9.17, 15) is 46.9 Å². The predicted octanol–water partition coefficient (Wildman–Crippen LogP) is 4.04. The van der Waals surface area contributed by atoms with Crippen molar-refractivity contribution in [2.75, 3.05) is 0 Å². The van der Waals surface area contributed by atoms with Crippen molar-refractivity contribution in [3.8, 4) is 23.0 Å². The molecule has 5 rings (SSSR count). The topological polar surface area (TPSA) is 183 Å². The minimum Gasteiger partial charge on any atom is -0.503 e. The van der Waals surface area contributed by atoms with Crippen molar-refractivity contribution in [2.24, 2.45) is 0 Å². The molecule has 0 saturated heterocycles. The highest BCUT2D eigenvalue weighted by Gasteiger charge is 2.26. The van der Waals surface area contributed by atoms with Gasteiger partial charge in [0.25, 0.3) is 0 Å². The number of aromatic hydroxyl groups is 4. The number of sulfone groups is 2. The molecule has 0 aliphatic heterocycles. The van der Waals surface area contributed by atoms with E-state index in [0.717, 1.165) is 35.2 Å². The molecule has 5 aromatic carbocycles. The Morgan fingerprint density at radius 2 is 0.907 bits per heavy atom. The van der Waals surface area contributed by atoms with E-state index in [1.54, 1.807) is 48.5 Å². The van der Waals surface area contributed by atoms with E-state index >= 15 is 0 Å². The molecule has 0 unspecified atom stereocenters. The maximum Gasteiger partial charge on any atom is 0.224 e. The quantitative estimate of drug-likeness (QED) is 0.229. The molecule has 0 saturated carbocycles. The largest absolute Gasteiger partial charge is 0.503 e. The second-order valence-electron chi connectivity index (χ2n) is 9.20. The fourth-order valence-electron chi connectivity index (χ4n) is 4.05. The SMILES string of the molecule is Cc1ccc(S(=O)(=O)c2cccc(=O)c(O)c2O)cc1.O=c1cccc(S(=O)(=O)c2cccc3ccccc23)c(O)c1O. The Hall–Kier alpha value is -5.20. The van der Waals surface area contributed by atoms with Gasteiger partial charge in [0.05, 0.1) is 9.79 Å². The summed E-state index contributed by atoms with van der Waals surface area (Å²) in [7, 11) is -8.15. The number of fused-ring (bicyclic) bond motifs is 1. The molecule has 43 heavy (non-hydrogen) atoms. The first-order valence-electron chi connectivity index (χ1n) is 12.4. The molecule has 0 aliphatic carbocycles. The van der Waals surface area contributed by atoms with Crippen molar-refractivity contribution in [1.82, 2.24) is 0 Å². The first-order valence-corrected chi connectivity index (χ1v) is 15.4. The highest BCUT2D eigenvalue weighted by atomic mass is 32.2. The van der Waals surface area contributed by atoms with Crippen molar-refractivity contribution in [3.63, 3.8) is 0 Å². The normalized spacial score (nSPS) is 11.4. The summed E-state index contributed by atoms with van der Waals surface area (Å²) < 4.78 is 50.6. The van der Waals surface area contributed by atoms with Gasteiger partial charge in [-0.15, -0.1) is 0 Å². The van der Waals surface area contributed by atoms with Crippen LogP contribution in [0.15, 0.2) is 132 Å². The lowest BCUT2D eigenvalue weighted by Gasteiger charge is -2.08. The summed E-state index contributed by atoms with van der Waals surface area (Å²) in [5.41, 5.74) is -0.828. The van der Waals surface area contributed by atoms with Crippen molar-refractivity contribution >= 4 is 30.4 Å². The third-order valence-electron chi connectivity index (χ3n) is 6.32. The van der Waals surface area contributed by atoms with Crippen molar-refractivity contribution in [2.45, 2.75) is 26.5 Å². The summed E-state index contributed by atoms with van der Waals surface area (Å²) in [5, 5.41) is 40.1. The third kappa shape index (κ3) is 6.05. The fraction of sp³-hybridized carbons (Fsp3) is 0.0323. The molecular formula is C31H24O10S2. The summed E-state index contributed by atoms with van der Waals surface area (Å²) in [5.74, 6) is -3.87. The van der Waals surface area contributed by atoms with Crippen LogP contribution in [0.5, 0.6) is 23.0 Å². The summed E-state index contributed by atoms with van der Waals surface area (Å²) in [6, 6.07) is 24.2. The second kappa shape index (κ2) is 12.0. The van der Waals surface area contributed by atoms with Crippen molar-refractivity contribution in [1.29, 1.82) is 0 Å². The van der Waals surface area contributed by atoms with Crippen LogP contribution in [0.3, 0.4) is 0 Å². The molecule has 0 atom stereocenters. The van der Waals surface area contributed by atoms with Gasteiger partial charge in [0, 0.05) is 5.39 Å². The van der Waals surface area contributed by atoms with Gasteiger partial charge in [-0.25, -0.2) is 16.8 Å². The molecule has 0 aromatic heterocycles. The molecule has 10 nitrogen and oxygen atoms in total. The predicted molar refractivity (Wildman–Crippen MR) is 158 cm³/mol. The zero-order valence-corrected chi connectivity index (χ0v) is 24.0. The summed E-state index contributed by atoms with van der Waals surface area (Å²) in [6.45, 7) is 1.81. The highest BCUT2D eigenvalue weighted by Crippen LogP contribution is 2.35. The number of aryl methyl sites for hydroxylation is 1. The molecule has 5 aromatic rings. The monoisotopic (exact) mass is 620 g/mol. The first kappa shape index (κ1) is 30.8. The summed E-state index contributed by atoms with van der Waals surface area (Å²) in [6.07, 6.45) is 0. The Kier molecular flexibility index (Phi) is 8.55. The van der Waals surface area contributed by atoms with E-state index in [0.29, 0.717) is 5.39 Å². The minimum absolute atomic E-state index is 0.0102. The van der Waals surface area contributed by atoms with Crippen LogP contribution in [-0.2, 0) is 19.7 Å². The van der Waals surface area contributed by atoms with Gasteiger partial charge in [0.15, 0.2) is 11.5 Å². The molecule has 0 aliphatic rings. The summed E-state index contributed by atoms with van der Waals surface area (Å²) >= 11 is 0. The van der Waals surface area contributed by atoms with Crippen LogP contribution in [0.2, 0.25) is 0 Å². The van der Waals surface area contributed by atoms with Crippen LogP contribution in [-0.4, -0.2) is 37.3 Å². The van der Waals surface area contributed by atoms with Crippen LogP contribution < -0.4 is 10.9 Å². The zero-order chi connectivity index (χ0) is 31.5. The number of benzene rings is 3. The lowest BCUT2D eigenvalue weighted by molar-refractivity contribution is 0.392. The summed E-state index contributed by atoms with van der Waals surface area (Å²) in [4.78, 5) is 21.7. The molecule has 0 radical (unpaired) electrons. The first-order chi connectivity index (χ1) is 20.3. The molecule has 12 heteroatoms. The van der Waals surface area contributed by atoms with Gasteiger partial charge >= 0.3 is 0 Å². The molecule has 0 bridgehead atoms. The van der Waals surface area contributed by atoms with Gasteiger partial charge in [0.2, 0.25) is 42.0 Å². The Balaban J connectivity index is 0.000000199. The Morgan fingerprint density at radius 3 is 1.47 bits per heavy atom. The Morgan fingerprint density at radius 1 is 0.465 bits per heavy atom. The van der Waals surface area contributed by atoms with Crippen LogP contribution in [0, 0.1) is 6.92 Å². The fourth-order valence-corrected chi connectivity index (χ4v) is 6.99. The van der Waals surface area contributed by atoms with Crippen LogP contribution in [0.4, 0.5) is 0 Å². The van der Waals surface area contributed by atoms with Crippen LogP contribution in [0.1, 0.15) is 5.56 Å². The second-order valence-corrected chi connectivity index (χ2v) is 13.0. The van der Waals surface area contributed by atoms with Gasteiger partial charge in [-0.3, -0.25) is 9.59 Å². The number of rotatable bonds is 4. The van der Waals surface area contributed by atoms with Gasteiger partial charge < -0.3 is 20.4 Å². The molecular weight excluding hydrogens is 596 g/mol. The van der Waals surface area contributed by atoms with E-state index in [1.165, 1.54) is 30.3 Å². The molecule has 0 fully saturated rings. The van der Waals surface area contributed by atoms with Crippen LogP contribution in [0.25, 0.3) is 10.8 Å². The average Bonchev–Trinajstić information content (AvgIpc) is 3.20. The van der Waals surface area contributed by atoms with Crippen LogP contribution >= 0.6 is 0 Å². The maximum atomic E-state index is 12.9. The van der Waals surface area contributed by atoms with Crippen molar-refractivity contribution in [3.05, 3.63) is 129 Å². The van der Waals surface area contributed by atoms with E-state index in [-0.39, 0.29) is 9.79 Å². The lowest BCUT2D eigenvalue weighted by Crippen LogP contribution is -2.03. The standard InChI is InChI=1S/C17H12O5S.C14H12O5S/c18-13-8-4-10-15(17(20)16(13)19)23(21,22)14-9-3-6-11-5-1-2-7-12(11)14;1-9-5-7-10(8-6-9)20(18,19)12-4-2-3-11(15)13(16)14(12)17/h1-10H,(H2,18,19,20);2-8H,1H3,(H2,15,16,17).